The van der Waals surface area contributed by atoms with Crippen LogP contribution >= 0.6 is 0 Å². The normalized spacial score (nSPS) is 54.8. The van der Waals surface area contributed by atoms with Gasteiger partial charge in [0.25, 0.3) is 0 Å². The van der Waals surface area contributed by atoms with Crippen LogP contribution in [0, 0.1) is 17.3 Å². The van der Waals surface area contributed by atoms with Crippen LogP contribution in [0.5, 0.6) is 0 Å². The van der Waals surface area contributed by atoms with Crippen molar-refractivity contribution in [1.82, 2.24) is 0 Å². The Labute approximate surface area is 68.8 Å². The molecule has 2 aliphatic carbocycles. The molecule has 0 spiro atoms. The Balaban J connectivity index is 2.23. The van der Waals surface area contributed by atoms with Crippen LogP contribution in [-0.2, 0) is 0 Å². The maximum Gasteiger partial charge on any atom is 0.0739 e. The SMILES string of the molecule is CC1CCC2(C(C)C)CC12O. The largest absolute Gasteiger partial charge is 0.389 e. The predicted octanol–water partition coefficient (Wildman–Crippen LogP) is 2.19. The lowest BCUT2D eigenvalue weighted by Gasteiger charge is -2.19. The first-order chi connectivity index (χ1) is 5.03. The second kappa shape index (κ2) is 1.82. The van der Waals surface area contributed by atoms with E-state index >= 15 is 0 Å². The Hall–Kier alpha value is -0.0400. The van der Waals surface area contributed by atoms with Gasteiger partial charge in [0.1, 0.15) is 0 Å². The zero-order valence-electron chi connectivity index (χ0n) is 7.72. The van der Waals surface area contributed by atoms with Crippen LogP contribution < -0.4 is 0 Å². The van der Waals surface area contributed by atoms with Gasteiger partial charge >= 0.3 is 0 Å². The minimum Gasteiger partial charge on any atom is -0.389 e. The van der Waals surface area contributed by atoms with E-state index in [4.69, 9.17) is 0 Å². The summed E-state index contributed by atoms with van der Waals surface area (Å²) < 4.78 is 0. The van der Waals surface area contributed by atoms with E-state index in [1.54, 1.807) is 0 Å². The summed E-state index contributed by atoms with van der Waals surface area (Å²) in [6, 6.07) is 0. The maximum absolute atomic E-state index is 10.2. The summed E-state index contributed by atoms with van der Waals surface area (Å²) >= 11 is 0. The molecule has 0 saturated heterocycles. The molecule has 2 fully saturated rings. The van der Waals surface area contributed by atoms with Crippen molar-refractivity contribution in [2.45, 2.75) is 45.6 Å². The molecule has 0 aromatic rings. The lowest BCUT2D eigenvalue weighted by atomic mass is 9.89. The summed E-state index contributed by atoms with van der Waals surface area (Å²) in [5, 5.41) is 10.2. The van der Waals surface area contributed by atoms with Crippen molar-refractivity contribution >= 4 is 0 Å². The first kappa shape index (κ1) is 7.60. The molecule has 0 aromatic heterocycles. The molecule has 3 atom stereocenters. The molecule has 0 aliphatic heterocycles. The first-order valence-electron chi connectivity index (χ1n) is 4.75. The van der Waals surface area contributed by atoms with Crippen LogP contribution in [-0.4, -0.2) is 10.7 Å². The van der Waals surface area contributed by atoms with E-state index in [-0.39, 0.29) is 5.60 Å². The highest BCUT2D eigenvalue weighted by molar-refractivity contribution is 5.23. The summed E-state index contributed by atoms with van der Waals surface area (Å²) in [7, 11) is 0. The molecular formula is C10H18O. The topological polar surface area (TPSA) is 20.2 Å². The quantitative estimate of drug-likeness (QED) is 0.614. The van der Waals surface area contributed by atoms with Crippen molar-refractivity contribution in [1.29, 1.82) is 0 Å². The van der Waals surface area contributed by atoms with Gasteiger partial charge in [-0.3, -0.25) is 0 Å². The third-order valence-corrected chi connectivity index (χ3v) is 4.27. The molecule has 2 saturated carbocycles. The van der Waals surface area contributed by atoms with Gasteiger partial charge in [-0.2, -0.15) is 0 Å². The molecule has 2 aliphatic rings. The van der Waals surface area contributed by atoms with Crippen LogP contribution in [0.15, 0.2) is 0 Å². The highest BCUT2D eigenvalue weighted by atomic mass is 16.3. The smallest absolute Gasteiger partial charge is 0.0739 e. The fourth-order valence-electron chi connectivity index (χ4n) is 3.11. The number of rotatable bonds is 1. The Morgan fingerprint density at radius 2 is 2.09 bits per heavy atom. The Morgan fingerprint density at radius 3 is 2.27 bits per heavy atom. The van der Waals surface area contributed by atoms with Crippen molar-refractivity contribution in [3.63, 3.8) is 0 Å². The predicted molar refractivity (Wildman–Crippen MR) is 45.2 cm³/mol. The van der Waals surface area contributed by atoms with Crippen molar-refractivity contribution in [2.75, 3.05) is 0 Å². The van der Waals surface area contributed by atoms with E-state index in [1.807, 2.05) is 0 Å². The summed E-state index contributed by atoms with van der Waals surface area (Å²) in [5.74, 6) is 1.21. The molecule has 0 heterocycles. The average Bonchev–Trinajstić information content (AvgIpc) is 2.47. The molecule has 1 N–H and O–H groups in total. The van der Waals surface area contributed by atoms with E-state index in [0.717, 1.165) is 6.42 Å². The molecule has 1 heteroatoms. The average molecular weight is 154 g/mol. The van der Waals surface area contributed by atoms with Crippen LogP contribution in [0.4, 0.5) is 0 Å². The van der Waals surface area contributed by atoms with E-state index in [9.17, 15) is 5.11 Å². The minimum absolute atomic E-state index is 0.263. The fraction of sp³-hybridized carbons (Fsp3) is 1.00. The van der Waals surface area contributed by atoms with Gasteiger partial charge in [0, 0.05) is 5.41 Å². The zero-order valence-corrected chi connectivity index (χ0v) is 7.72. The number of hydrogen-bond donors (Lipinski definition) is 1. The second-order valence-corrected chi connectivity index (χ2v) is 4.85. The molecule has 0 aromatic carbocycles. The minimum atomic E-state index is -0.263. The molecule has 64 valence electrons. The molecule has 1 nitrogen and oxygen atoms in total. The first-order valence-corrected chi connectivity index (χ1v) is 4.75. The van der Waals surface area contributed by atoms with E-state index < -0.39 is 0 Å². The van der Waals surface area contributed by atoms with Crippen molar-refractivity contribution < 1.29 is 5.11 Å². The van der Waals surface area contributed by atoms with E-state index in [2.05, 4.69) is 20.8 Å². The fourth-order valence-corrected chi connectivity index (χ4v) is 3.11. The molecule has 11 heavy (non-hydrogen) atoms. The van der Waals surface area contributed by atoms with Gasteiger partial charge < -0.3 is 5.11 Å². The molecule has 2 rings (SSSR count). The van der Waals surface area contributed by atoms with Crippen molar-refractivity contribution in [3.05, 3.63) is 0 Å². The Morgan fingerprint density at radius 1 is 1.45 bits per heavy atom. The van der Waals surface area contributed by atoms with E-state index in [0.29, 0.717) is 17.3 Å². The molecule has 3 unspecified atom stereocenters. The van der Waals surface area contributed by atoms with Crippen LogP contribution in [0.1, 0.15) is 40.0 Å². The lowest BCUT2D eigenvalue weighted by molar-refractivity contribution is 0.0652. The third kappa shape index (κ3) is 0.658. The third-order valence-electron chi connectivity index (χ3n) is 4.27. The van der Waals surface area contributed by atoms with Gasteiger partial charge in [0.05, 0.1) is 5.60 Å². The van der Waals surface area contributed by atoms with Crippen molar-refractivity contribution in [3.8, 4) is 0 Å². The molecule has 0 bridgehead atoms. The molecule has 0 amide bonds. The monoisotopic (exact) mass is 154 g/mol. The maximum atomic E-state index is 10.2. The highest BCUT2D eigenvalue weighted by Gasteiger charge is 2.73. The van der Waals surface area contributed by atoms with Gasteiger partial charge in [-0.1, -0.05) is 20.8 Å². The standard InChI is InChI=1S/C10H18O/c1-7(2)9-5-4-8(3)10(9,11)6-9/h7-8,11H,4-6H2,1-3H3. The molecule has 0 radical (unpaired) electrons. The Kier molecular flexibility index (Phi) is 1.26. The van der Waals surface area contributed by atoms with E-state index in [1.165, 1.54) is 12.8 Å². The Bertz CT molecular complexity index is 183. The highest BCUT2D eigenvalue weighted by Crippen LogP contribution is 2.72. The van der Waals surface area contributed by atoms with Crippen LogP contribution in [0.3, 0.4) is 0 Å². The lowest BCUT2D eigenvalue weighted by Crippen LogP contribution is -2.23. The summed E-state index contributed by atoms with van der Waals surface area (Å²) in [5.41, 5.74) is 0.0631. The zero-order chi connectivity index (χ0) is 8.28. The summed E-state index contributed by atoms with van der Waals surface area (Å²) in [4.78, 5) is 0. The van der Waals surface area contributed by atoms with Gasteiger partial charge in [-0.05, 0) is 31.1 Å². The van der Waals surface area contributed by atoms with Crippen LogP contribution in [0.25, 0.3) is 0 Å². The second-order valence-electron chi connectivity index (χ2n) is 4.85. The van der Waals surface area contributed by atoms with Gasteiger partial charge in [0.2, 0.25) is 0 Å². The van der Waals surface area contributed by atoms with Gasteiger partial charge in [-0.25, -0.2) is 0 Å². The molecular weight excluding hydrogens is 136 g/mol. The van der Waals surface area contributed by atoms with Gasteiger partial charge in [-0.15, -0.1) is 0 Å². The van der Waals surface area contributed by atoms with Gasteiger partial charge in [0.15, 0.2) is 0 Å². The number of fused-ring (bicyclic) bond motifs is 1. The van der Waals surface area contributed by atoms with Crippen molar-refractivity contribution in [2.24, 2.45) is 17.3 Å². The number of aliphatic hydroxyl groups is 1. The van der Waals surface area contributed by atoms with Crippen LogP contribution in [0.2, 0.25) is 0 Å². The summed E-state index contributed by atoms with van der Waals surface area (Å²) in [6.07, 6.45) is 3.55. The summed E-state index contributed by atoms with van der Waals surface area (Å²) in [6.45, 7) is 6.68. The number of hydrogen-bond acceptors (Lipinski definition) is 1.